The highest BCUT2D eigenvalue weighted by Crippen LogP contribution is 2.32. The molecule has 1 fully saturated rings. The Morgan fingerprint density at radius 2 is 1.73 bits per heavy atom. The number of piperazine rings is 1. The molecular weight excluding hydrogens is 459 g/mol. The third-order valence-corrected chi connectivity index (χ3v) is 5.59. The molecule has 1 aliphatic heterocycles. The number of imidazole rings is 1. The van der Waals surface area contributed by atoms with Crippen LogP contribution < -0.4 is 10.6 Å². The minimum absolute atomic E-state index is 0. The van der Waals surface area contributed by atoms with Gasteiger partial charge in [-0.1, -0.05) is 18.2 Å². The number of rotatable bonds is 4. The smallest absolute Gasteiger partial charge is 0.369 e. The Bertz CT molecular complexity index is 996. The fourth-order valence-corrected chi connectivity index (χ4v) is 3.88. The second-order valence-corrected chi connectivity index (χ2v) is 7.42. The second kappa shape index (κ2) is 8.95. The third kappa shape index (κ3) is 4.63. The summed E-state index contributed by atoms with van der Waals surface area (Å²) in [6.07, 6.45) is -3.89. The topological polar surface area (TPSA) is 50.3 Å². The van der Waals surface area contributed by atoms with Crippen LogP contribution in [0.15, 0.2) is 48.5 Å². The van der Waals surface area contributed by atoms with Gasteiger partial charge in [0.2, 0.25) is 0 Å². The van der Waals surface area contributed by atoms with Gasteiger partial charge >= 0.3 is 6.18 Å². The van der Waals surface area contributed by atoms with Crippen LogP contribution in [0.4, 0.5) is 18.9 Å². The summed E-state index contributed by atoms with van der Waals surface area (Å²) in [7, 11) is 1.99. The van der Waals surface area contributed by atoms with Crippen LogP contribution in [0, 0.1) is 0 Å². The fourth-order valence-electron chi connectivity index (χ4n) is 3.88. The van der Waals surface area contributed by atoms with E-state index >= 15 is 0 Å². The van der Waals surface area contributed by atoms with Gasteiger partial charge in [0.05, 0.1) is 22.8 Å². The predicted molar refractivity (Wildman–Crippen MR) is 118 cm³/mol. The van der Waals surface area contributed by atoms with Crippen molar-refractivity contribution < 1.29 is 13.2 Å². The summed E-state index contributed by atoms with van der Waals surface area (Å²) in [5, 5.41) is 0. The first-order valence-electron chi connectivity index (χ1n) is 9.65. The standard InChI is InChI=1S/C21H24F3N5.BrH/c1-27-18-8-3-2-7-17(18)26-20(27)14-19(25)29-11-9-28(10-12-29)16-6-4-5-15(13-16)21(22,23)24;/h2-8,13,19H,9-12,14,25H2,1H3;1H. The minimum Gasteiger partial charge on any atom is -0.369 e. The molecule has 0 bridgehead atoms. The minimum atomic E-state index is -4.33. The molecule has 1 atom stereocenters. The van der Waals surface area contributed by atoms with Gasteiger partial charge in [0.25, 0.3) is 0 Å². The third-order valence-electron chi connectivity index (χ3n) is 5.59. The summed E-state index contributed by atoms with van der Waals surface area (Å²) in [5.41, 5.74) is 8.45. The van der Waals surface area contributed by atoms with Gasteiger partial charge in [0.1, 0.15) is 5.82 Å². The maximum atomic E-state index is 13.0. The van der Waals surface area contributed by atoms with Gasteiger partial charge in [-0.15, -0.1) is 17.0 Å². The van der Waals surface area contributed by atoms with E-state index in [1.807, 2.05) is 36.2 Å². The first-order chi connectivity index (χ1) is 13.8. The number of nitrogens with two attached hydrogens (primary N) is 1. The average molecular weight is 484 g/mol. The molecule has 2 heterocycles. The molecule has 30 heavy (non-hydrogen) atoms. The molecule has 2 N–H and O–H groups in total. The van der Waals surface area contributed by atoms with Crippen molar-refractivity contribution in [3.63, 3.8) is 0 Å². The summed E-state index contributed by atoms with van der Waals surface area (Å²) >= 11 is 0. The number of nitrogens with zero attached hydrogens (tertiary/aromatic N) is 4. The lowest BCUT2D eigenvalue weighted by molar-refractivity contribution is -0.137. The molecule has 1 saturated heterocycles. The normalized spacial score (nSPS) is 16.5. The molecule has 5 nitrogen and oxygen atoms in total. The van der Waals surface area contributed by atoms with Crippen molar-refractivity contribution in [2.24, 2.45) is 12.8 Å². The van der Waals surface area contributed by atoms with Crippen LogP contribution in [0.2, 0.25) is 0 Å². The van der Waals surface area contributed by atoms with E-state index in [2.05, 4.69) is 14.5 Å². The average Bonchev–Trinajstić information content (AvgIpc) is 3.03. The van der Waals surface area contributed by atoms with E-state index < -0.39 is 11.7 Å². The molecule has 4 rings (SSSR count). The number of anilines is 1. The van der Waals surface area contributed by atoms with E-state index in [0.717, 1.165) is 22.9 Å². The highest BCUT2D eigenvalue weighted by molar-refractivity contribution is 8.93. The van der Waals surface area contributed by atoms with Crippen molar-refractivity contribution in [2.75, 3.05) is 31.1 Å². The molecule has 3 aromatic rings. The zero-order chi connectivity index (χ0) is 20.6. The number of fused-ring (bicyclic) bond motifs is 1. The largest absolute Gasteiger partial charge is 0.416 e. The quantitative estimate of drug-likeness (QED) is 0.612. The molecule has 0 saturated carbocycles. The van der Waals surface area contributed by atoms with Gasteiger partial charge in [-0.2, -0.15) is 13.2 Å². The van der Waals surface area contributed by atoms with Crippen molar-refractivity contribution >= 4 is 33.7 Å². The molecule has 9 heteroatoms. The highest BCUT2D eigenvalue weighted by atomic mass is 79.9. The maximum Gasteiger partial charge on any atom is 0.416 e. The Labute approximate surface area is 184 Å². The summed E-state index contributed by atoms with van der Waals surface area (Å²) < 4.78 is 41.0. The number of alkyl halides is 3. The van der Waals surface area contributed by atoms with Crippen LogP contribution in [0.25, 0.3) is 11.0 Å². The van der Waals surface area contributed by atoms with E-state index in [0.29, 0.717) is 38.3 Å². The second-order valence-electron chi connectivity index (χ2n) is 7.42. The molecule has 0 amide bonds. The van der Waals surface area contributed by atoms with Crippen LogP contribution in [0.5, 0.6) is 0 Å². The van der Waals surface area contributed by atoms with Crippen molar-refractivity contribution in [3.05, 3.63) is 59.9 Å². The summed E-state index contributed by atoms with van der Waals surface area (Å²) in [6.45, 7) is 2.66. The molecule has 1 aliphatic rings. The lowest BCUT2D eigenvalue weighted by atomic mass is 10.1. The molecule has 1 aromatic heterocycles. The van der Waals surface area contributed by atoms with Crippen LogP contribution in [0.3, 0.4) is 0 Å². The fraction of sp³-hybridized carbons (Fsp3) is 0.381. The van der Waals surface area contributed by atoms with Crippen LogP contribution >= 0.6 is 17.0 Å². The Kier molecular flexibility index (Phi) is 6.74. The van der Waals surface area contributed by atoms with Crippen LogP contribution in [-0.2, 0) is 19.6 Å². The molecule has 0 spiro atoms. The number of aryl methyl sites for hydroxylation is 1. The Morgan fingerprint density at radius 3 is 2.40 bits per heavy atom. The summed E-state index contributed by atoms with van der Waals surface area (Å²) in [6, 6.07) is 13.5. The first kappa shape index (κ1) is 22.6. The number of hydrogen-bond acceptors (Lipinski definition) is 4. The number of para-hydroxylation sites is 2. The van der Waals surface area contributed by atoms with E-state index in [-0.39, 0.29) is 23.1 Å². The lowest BCUT2D eigenvalue weighted by Gasteiger charge is -2.39. The predicted octanol–water partition coefficient (Wildman–Crippen LogP) is 3.82. The van der Waals surface area contributed by atoms with Gasteiger partial charge < -0.3 is 15.2 Å². The van der Waals surface area contributed by atoms with Crippen molar-refractivity contribution in [1.29, 1.82) is 0 Å². The number of hydrogen-bond donors (Lipinski definition) is 1. The van der Waals surface area contributed by atoms with Crippen LogP contribution in [0.1, 0.15) is 11.4 Å². The molecule has 0 radical (unpaired) electrons. The Hall–Kier alpha value is -2.10. The van der Waals surface area contributed by atoms with Gasteiger partial charge in [-0.25, -0.2) is 4.98 Å². The highest BCUT2D eigenvalue weighted by Gasteiger charge is 2.31. The monoisotopic (exact) mass is 483 g/mol. The van der Waals surface area contributed by atoms with Crippen LogP contribution in [-0.4, -0.2) is 46.8 Å². The summed E-state index contributed by atoms with van der Waals surface area (Å²) in [4.78, 5) is 8.83. The van der Waals surface area contributed by atoms with E-state index in [1.54, 1.807) is 6.07 Å². The molecule has 162 valence electrons. The number of benzene rings is 2. The number of halogens is 4. The Morgan fingerprint density at radius 1 is 1.03 bits per heavy atom. The first-order valence-corrected chi connectivity index (χ1v) is 9.65. The molecule has 1 unspecified atom stereocenters. The van der Waals surface area contributed by atoms with Gasteiger partial charge in [0.15, 0.2) is 0 Å². The zero-order valence-electron chi connectivity index (χ0n) is 16.6. The van der Waals surface area contributed by atoms with E-state index in [1.165, 1.54) is 12.1 Å². The van der Waals surface area contributed by atoms with Crippen molar-refractivity contribution in [1.82, 2.24) is 14.5 Å². The lowest BCUT2D eigenvalue weighted by Crippen LogP contribution is -2.54. The SMILES string of the molecule is Br.Cn1c(CC(N)N2CCN(c3cccc(C(F)(F)F)c3)CC2)nc2ccccc21. The molecule has 2 aromatic carbocycles. The van der Waals surface area contributed by atoms with Gasteiger partial charge in [-0.05, 0) is 30.3 Å². The number of aromatic nitrogens is 2. The van der Waals surface area contributed by atoms with Gasteiger partial charge in [0, 0.05) is 45.3 Å². The van der Waals surface area contributed by atoms with Gasteiger partial charge in [-0.3, -0.25) is 4.90 Å². The Balaban J connectivity index is 0.00000256. The van der Waals surface area contributed by atoms with Crippen molar-refractivity contribution in [3.8, 4) is 0 Å². The van der Waals surface area contributed by atoms with E-state index in [9.17, 15) is 13.2 Å². The maximum absolute atomic E-state index is 13.0. The zero-order valence-corrected chi connectivity index (χ0v) is 18.4. The molecular formula is C21H25BrF3N5. The molecule has 0 aliphatic carbocycles. The summed E-state index contributed by atoms with van der Waals surface area (Å²) in [5.74, 6) is 0.930. The van der Waals surface area contributed by atoms with E-state index in [4.69, 9.17) is 5.73 Å². The van der Waals surface area contributed by atoms with Crippen molar-refractivity contribution in [2.45, 2.75) is 18.8 Å².